The fourth-order valence-corrected chi connectivity index (χ4v) is 6.91. The molecule has 0 bridgehead atoms. The normalized spacial score (nSPS) is 44.8. The van der Waals surface area contributed by atoms with E-state index in [0.29, 0.717) is 0 Å². The van der Waals surface area contributed by atoms with Gasteiger partial charge in [-0.3, -0.25) is 4.79 Å². The number of carbonyl (C=O) groups is 2. The summed E-state index contributed by atoms with van der Waals surface area (Å²) in [6.07, 6.45) is -11.4. The molecule has 3 saturated heterocycles. The Morgan fingerprint density at radius 1 is 0.875 bits per heavy atom. The van der Waals surface area contributed by atoms with Crippen molar-refractivity contribution in [1.82, 2.24) is 0 Å². The smallest absolute Gasteiger partial charge is 0.331 e. The molecule has 16 atom stereocenters. The number of benzene rings is 1. The zero-order chi connectivity index (χ0) is 34.3. The number of aliphatic hydroxyl groups excluding tert-OH is 6. The first-order chi connectivity index (χ1) is 23.0. The van der Waals surface area contributed by atoms with Gasteiger partial charge in [-0.05, 0) is 24.6 Å². The summed E-state index contributed by atoms with van der Waals surface area (Å²) in [5.74, 6) is -2.92. The molecule has 0 aromatic heterocycles. The largest absolute Gasteiger partial charge is 0.472 e. The average Bonchev–Trinajstić information content (AvgIpc) is 3.75. The van der Waals surface area contributed by atoms with E-state index in [0.717, 1.165) is 12.5 Å². The SMILES string of the molecule is CC(=O)O[C@H]1[C@H](O[C@H]2[C@@H]3C=CO[C@@H](O[C@@H]4O[C@H](CO)[C@@H](O)[C@H](O)[C@H]4O)[C@@H]3[C@@]3(CO)O[C@@H]23)O[C@@H](C)[C@H](O)[C@H]1OC(=O)/C=C/c1ccccc1. The van der Waals surface area contributed by atoms with Crippen LogP contribution >= 0.6 is 0 Å². The summed E-state index contributed by atoms with van der Waals surface area (Å²) in [6.45, 7) is 1.52. The van der Waals surface area contributed by atoms with Crippen molar-refractivity contribution >= 4 is 18.0 Å². The van der Waals surface area contributed by atoms with E-state index in [1.54, 1.807) is 30.3 Å². The molecule has 1 saturated carbocycles. The van der Waals surface area contributed by atoms with E-state index in [1.165, 1.54) is 25.3 Å². The van der Waals surface area contributed by atoms with Gasteiger partial charge in [-0.25, -0.2) is 4.79 Å². The lowest BCUT2D eigenvalue weighted by atomic mass is 9.85. The van der Waals surface area contributed by atoms with Gasteiger partial charge in [0.1, 0.15) is 42.2 Å². The van der Waals surface area contributed by atoms with E-state index >= 15 is 0 Å². The van der Waals surface area contributed by atoms with Crippen LogP contribution in [0.15, 0.2) is 48.7 Å². The van der Waals surface area contributed by atoms with Crippen LogP contribution in [0.1, 0.15) is 19.4 Å². The minimum atomic E-state index is -1.71. The van der Waals surface area contributed by atoms with Crippen molar-refractivity contribution in [2.45, 2.75) is 99.4 Å². The summed E-state index contributed by atoms with van der Waals surface area (Å²) in [5.41, 5.74) is -0.511. The van der Waals surface area contributed by atoms with Crippen molar-refractivity contribution < 1.29 is 78.1 Å². The third kappa shape index (κ3) is 6.50. The van der Waals surface area contributed by atoms with Crippen LogP contribution in [0, 0.1) is 11.8 Å². The molecule has 0 radical (unpaired) electrons. The van der Waals surface area contributed by atoms with Gasteiger partial charge in [-0.2, -0.15) is 0 Å². The monoisotopic (exact) mass is 680 g/mol. The van der Waals surface area contributed by atoms with Gasteiger partial charge >= 0.3 is 11.9 Å². The Bertz CT molecular complexity index is 1350. The Balaban J connectivity index is 1.21. The van der Waals surface area contributed by atoms with Gasteiger partial charge in [-0.1, -0.05) is 30.3 Å². The molecule has 1 aliphatic carbocycles. The maximum atomic E-state index is 12.8. The highest BCUT2D eigenvalue weighted by Gasteiger charge is 2.77. The number of hydrogen-bond donors (Lipinski definition) is 6. The van der Waals surface area contributed by atoms with Crippen molar-refractivity contribution in [1.29, 1.82) is 0 Å². The van der Waals surface area contributed by atoms with Crippen LogP contribution in [0.3, 0.4) is 0 Å². The van der Waals surface area contributed by atoms with Gasteiger partial charge in [0.15, 0.2) is 24.8 Å². The highest BCUT2D eigenvalue weighted by atomic mass is 16.8. The van der Waals surface area contributed by atoms with E-state index < -0.39 is 122 Å². The van der Waals surface area contributed by atoms with Crippen LogP contribution in [0.2, 0.25) is 0 Å². The van der Waals surface area contributed by atoms with Crippen LogP contribution in [0.5, 0.6) is 0 Å². The van der Waals surface area contributed by atoms with Crippen molar-refractivity contribution in [3.8, 4) is 0 Å². The highest BCUT2D eigenvalue weighted by molar-refractivity contribution is 5.87. The Morgan fingerprint density at radius 2 is 1.62 bits per heavy atom. The van der Waals surface area contributed by atoms with Crippen molar-refractivity contribution in [3.63, 3.8) is 0 Å². The molecule has 4 aliphatic heterocycles. The summed E-state index contributed by atoms with van der Waals surface area (Å²) < 4.78 is 46.5. The Kier molecular flexibility index (Phi) is 10.2. The molecule has 0 unspecified atom stereocenters. The Morgan fingerprint density at radius 3 is 2.31 bits per heavy atom. The van der Waals surface area contributed by atoms with E-state index in [4.69, 9.17) is 37.9 Å². The fourth-order valence-electron chi connectivity index (χ4n) is 6.91. The van der Waals surface area contributed by atoms with Gasteiger partial charge in [0.25, 0.3) is 0 Å². The highest BCUT2D eigenvalue weighted by Crippen LogP contribution is 2.61. The zero-order valence-corrected chi connectivity index (χ0v) is 26.0. The van der Waals surface area contributed by atoms with E-state index in [1.807, 2.05) is 6.07 Å². The molecular formula is C32H40O16. The number of fused-ring (bicyclic) bond motifs is 3. The summed E-state index contributed by atoms with van der Waals surface area (Å²) in [4.78, 5) is 25.1. The van der Waals surface area contributed by atoms with Gasteiger partial charge in [0, 0.05) is 18.9 Å². The maximum Gasteiger partial charge on any atom is 0.331 e. The molecular weight excluding hydrogens is 640 g/mol. The molecule has 5 aliphatic rings. The number of aliphatic hydroxyl groups is 6. The van der Waals surface area contributed by atoms with Crippen molar-refractivity contribution in [2.24, 2.45) is 11.8 Å². The average molecular weight is 681 g/mol. The third-order valence-electron chi connectivity index (χ3n) is 9.41. The molecule has 0 amide bonds. The molecule has 16 nitrogen and oxygen atoms in total. The molecule has 6 rings (SSSR count). The fraction of sp³-hybridized carbons (Fsp3) is 0.625. The van der Waals surface area contributed by atoms with Crippen molar-refractivity contribution in [3.05, 3.63) is 54.3 Å². The lowest BCUT2D eigenvalue weighted by Crippen LogP contribution is -2.61. The first-order valence-electron chi connectivity index (χ1n) is 15.7. The number of ether oxygens (including phenoxy) is 8. The minimum Gasteiger partial charge on any atom is -0.472 e. The van der Waals surface area contributed by atoms with Gasteiger partial charge < -0.3 is 68.5 Å². The third-order valence-corrected chi connectivity index (χ3v) is 9.41. The van der Waals surface area contributed by atoms with Crippen LogP contribution in [-0.2, 0) is 47.5 Å². The molecule has 1 aromatic carbocycles. The number of carbonyl (C=O) groups excluding carboxylic acids is 2. The molecule has 1 aromatic rings. The molecule has 16 heteroatoms. The molecule has 6 N–H and O–H groups in total. The van der Waals surface area contributed by atoms with Crippen LogP contribution in [-0.4, -0.2) is 141 Å². The van der Waals surface area contributed by atoms with E-state index in [2.05, 4.69) is 0 Å². The first kappa shape index (κ1) is 34.8. The number of epoxide rings is 1. The molecule has 4 heterocycles. The lowest BCUT2D eigenvalue weighted by molar-refractivity contribution is -0.347. The second kappa shape index (κ2) is 14.1. The second-order valence-corrected chi connectivity index (χ2v) is 12.4. The maximum absolute atomic E-state index is 12.8. The van der Waals surface area contributed by atoms with Gasteiger partial charge in [-0.15, -0.1) is 0 Å². The summed E-state index contributed by atoms with van der Waals surface area (Å²) >= 11 is 0. The zero-order valence-electron chi connectivity index (χ0n) is 26.0. The van der Waals surface area contributed by atoms with E-state index in [-0.39, 0.29) is 0 Å². The summed E-state index contributed by atoms with van der Waals surface area (Å²) in [7, 11) is 0. The van der Waals surface area contributed by atoms with Crippen molar-refractivity contribution in [2.75, 3.05) is 13.2 Å². The quantitative estimate of drug-likeness (QED) is 0.0900. The number of rotatable bonds is 10. The number of esters is 2. The van der Waals surface area contributed by atoms with Gasteiger partial charge in [0.05, 0.1) is 37.6 Å². The number of hydrogen-bond acceptors (Lipinski definition) is 16. The predicted octanol–water partition coefficient (Wildman–Crippen LogP) is -1.90. The molecule has 264 valence electrons. The molecule has 0 spiro atoms. The predicted molar refractivity (Wildman–Crippen MR) is 157 cm³/mol. The minimum absolute atomic E-state index is 0.494. The van der Waals surface area contributed by atoms with Crippen LogP contribution in [0.25, 0.3) is 6.08 Å². The van der Waals surface area contributed by atoms with E-state index in [9.17, 15) is 40.2 Å². The second-order valence-electron chi connectivity index (χ2n) is 12.4. The summed E-state index contributed by atoms with van der Waals surface area (Å²) in [6, 6.07) is 8.99. The standard InChI is InChI=1S/C32H40O16/c1-14-21(37)26(45-19(36)9-8-16-6-4-3-5-7-16)27(43-15(2)35)31(42-14)46-25-17-10-11-41-29(20(17)32(13-34)28(25)48-32)47-30-24(40)23(39)22(38)18(12-33)44-30/h3-11,14,17-18,20-31,33-34,37-40H,12-13H2,1-2H3/b9-8+/t14-,17+,18+,20+,21-,22+,23-,24+,25-,26+,27+,28-,29-,30-,31-,32+/m0/s1. The Labute approximate surface area is 275 Å². The molecule has 4 fully saturated rings. The van der Waals surface area contributed by atoms with Gasteiger partial charge in [0.2, 0.25) is 6.29 Å². The Hall–Kier alpha value is -3.00. The lowest BCUT2D eigenvalue weighted by Gasteiger charge is -2.44. The van der Waals surface area contributed by atoms with Crippen LogP contribution in [0.4, 0.5) is 0 Å². The summed E-state index contributed by atoms with van der Waals surface area (Å²) in [5, 5.41) is 62.0. The topological polar surface area (TPSA) is 233 Å². The first-order valence-corrected chi connectivity index (χ1v) is 15.7. The van der Waals surface area contributed by atoms with Crippen LogP contribution < -0.4 is 0 Å². The molecule has 48 heavy (non-hydrogen) atoms.